The molecule has 1 aromatic heterocycles. The highest BCUT2D eigenvalue weighted by Gasteiger charge is 2.28. The fourth-order valence-electron chi connectivity index (χ4n) is 2.45. The molecule has 0 spiro atoms. The fraction of sp³-hybridized carbons (Fsp3) is 0.385. The van der Waals surface area contributed by atoms with Crippen molar-refractivity contribution in [3.63, 3.8) is 0 Å². The average molecular weight is 216 g/mol. The van der Waals surface area contributed by atoms with Crippen molar-refractivity contribution in [3.8, 4) is 5.75 Å². The summed E-state index contributed by atoms with van der Waals surface area (Å²) in [7, 11) is 1.68. The summed E-state index contributed by atoms with van der Waals surface area (Å²) in [6.07, 6.45) is 4.67. The van der Waals surface area contributed by atoms with Crippen molar-refractivity contribution in [2.75, 3.05) is 12.8 Å². The lowest BCUT2D eigenvalue weighted by atomic mass is 10.0. The van der Waals surface area contributed by atoms with E-state index in [9.17, 15) is 0 Å². The van der Waals surface area contributed by atoms with Gasteiger partial charge in [0.1, 0.15) is 0 Å². The van der Waals surface area contributed by atoms with E-state index in [0.717, 1.165) is 17.0 Å². The first-order valence-corrected chi connectivity index (χ1v) is 5.66. The van der Waals surface area contributed by atoms with E-state index in [-0.39, 0.29) is 0 Å². The van der Waals surface area contributed by atoms with Gasteiger partial charge in [-0.1, -0.05) is 0 Å². The predicted molar refractivity (Wildman–Crippen MR) is 66.0 cm³/mol. The van der Waals surface area contributed by atoms with Gasteiger partial charge in [0.25, 0.3) is 0 Å². The molecule has 0 unspecified atom stereocenters. The van der Waals surface area contributed by atoms with Crippen molar-refractivity contribution in [3.05, 3.63) is 23.4 Å². The number of hydrogen-bond acceptors (Lipinski definition) is 2. The van der Waals surface area contributed by atoms with Crippen molar-refractivity contribution in [1.29, 1.82) is 0 Å². The number of ether oxygens (including phenoxy) is 1. The SMILES string of the molecule is COc1c(N)cc(C)c2[nH]cc(C3CC3)c12. The molecule has 0 amide bonds. The Bertz CT molecular complexity index is 553. The Morgan fingerprint density at radius 1 is 1.44 bits per heavy atom. The maximum absolute atomic E-state index is 6.01. The van der Waals surface area contributed by atoms with Gasteiger partial charge in [0.05, 0.1) is 18.3 Å². The van der Waals surface area contributed by atoms with Crippen molar-refractivity contribution < 1.29 is 4.74 Å². The lowest BCUT2D eigenvalue weighted by Crippen LogP contribution is -1.95. The minimum absolute atomic E-state index is 0.698. The molecule has 1 aliphatic carbocycles. The average Bonchev–Trinajstić information content (AvgIpc) is 2.99. The molecule has 3 heteroatoms. The highest BCUT2D eigenvalue weighted by Crippen LogP contribution is 2.47. The van der Waals surface area contributed by atoms with Crippen molar-refractivity contribution in [2.24, 2.45) is 0 Å². The third kappa shape index (κ3) is 1.21. The Kier molecular flexibility index (Phi) is 1.90. The molecule has 0 saturated heterocycles. The Morgan fingerprint density at radius 2 is 2.19 bits per heavy atom. The van der Waals surface area contributed by atoms with Crippen LogP contribution in [0.15, 0.2) is 12.3 Å². The topological polar surface area (TPSA) is 51.0 Å². The standard InChI is InChI=1S/C13H16N2O/c1-7-5-10(14)13(16-2)11-9(8-3-4-8)6-15-12(7)11/h5-6,8,15H,3-4,14H2,1-2H3. The number of aromatic nitrogens is 1. The van der Waals surface area contributed by atoms with Gasteiger partial charge in [-0.05, 0) is 42.9 Å². The van der Waals surface area contributed by atoms with Crippen LogP contribution in [0.4, 0.5) is 5.69 Å². The first kappa shape index (κ1) is 9.58. The molecule has 1 aromatic carbocycles. The molecule has 2 aromatic rings. The predicted octanol–water partition coefficient (Wildman–Crippen LogP) is 2.94. The number of methoxy groups -OCH3 is 1. The molecule has 0 radical (unpaired) electrons. The second-order valence-corrected chi connectivity index (χ2v) is 4.58. The normalized spacial score (nSPS) is 15.6. The minimum Gasteiger partial charge on any atom is -0.494 e. The molecule has 84 valence electrons. The quantitative estimate of drug-likeness (QED) is 0.758. The molecule has 1 saturated carbocycles. The molecule has 3 rings (SSSR count). The largest absolute Gasteiger partial charge is 0.494 e. The summed E-state index contributed by atoms with van der Waals surface area (Å²) in [6, 6.07) is 1.97. The number of hydrogen-bond donors (Lipinski definition) is 2. The van der Waals surface area contributed by atoms with E-state index in [2.05, 4.69) is 18.1 Å². The van der Waals surface area contributed by atoms with Crippen LogP contribution < -0.4 is 10.5 Å². The van der Waals surface area contributed by atoms with Crippen LogP contribution >= 0.6 is 0 Å². The summed E-state index contributed by atoms with van der Waals surface area (Å²) in [5, 5.41) is 1.18. The van der Waals surface area contributed by atoms with E-state index in [1.54, 1.807) is 7.11 Å². The van der Waals surface area contributed by atoms with Crippen LogP contribution in [0, 0.1) is 6.92 Å². The smallest absolute Gasteiger partial charge is 0.151 e. The second-order valence-electron chi connectivity index (χ2n) is 4.58. The van der Waals surface area contributed by atoms with Gasteiger partial charge in [0.15, 0.2) is 5.75 Å². The summed E-state index contributed by atoms with van der Waals surface area (Å²) >= 11 is 0. The molecule has 0 bridgehead atoms. The highest BCUT2D eigenvalue weighted by molar-refractivity contribution is 5.96. The van der Waals surface area contributed by atoms with E-state index in [1.165, 1.54) is 29.4 Å². The Hall–Kier alpha value is -1.64. The third-order valence-electron chi connectivity index (χ3n) is 3.39. The summed E-state index contributed by atoms with van der Waals surface area (Å²) in [6.45, 7) is 2.07. The van der Waals surface area contributed by atoms with E-state index in [1.807, 2.05) is 6.07 Å². The van der Waals surface area contributed by atoms with Gasteiger partial charge in [-0.3, -0.25) is 0 Å². The van der Waals surface area contributed by atoms with Gasteiger partial charge in [-0.2, -0.15) is 0 Å². The zero-order valence-corrected chi connectivity index (χ0v) is 9.63. The Labute approximate surface area is 94.6 Å². The van der Waals surface area contributed by atoms with Gasteiger partial charge in [0, 0.05) is 11.6 Å². The zero-order chi connectivity index (χ0) is 11.3. The molecule has 3 N–H and O–H groups in total. The van der Waals surface area contributed by atoms with E-state index in [0.29, 0.717) is 5.92 Å². The molecule has 3 nitrogen and oxygen atoms in total. The summed E-state index contributed by atoms with van der Waals surface area (Å²) in [4.78, 5) is 3.34. The molecule has 1 aliphatic rings. The van der Waals surface area contributed by atoms with E-state index >= 15 is 0 Å². The van der Waals surface area contributed by atoms with E-state index < -0.39 is 0 Å². The third-order valence-corrected chi connectivity index (χ3v) is 3.39. The van der Waals surface area contributed by atoms with Gasteiger partial charge < -0.3 is 15.5 Å². The van der Waals surface area contributed by atoms with Gasteiger partial charge >= 0.3 is 0 Å². The summed E-state index contributed by atoms with van der Waals surface area (Å²) in [5.41, 5.74) is 10.4. The van der Waals surface area contributed by atoms with Crippen molar-refractivity contribution >= 4 is 16.6 Å². The molecule has 1 heterocycles. The lowest BCUT2D eigenvalue weighted by Gasteiger charge is -2.09. The monoisotopic (exact) mass is 216 g/mol. The van der Waals surface area contributed by atoms with Gasteiger partial charge in [0.2, 0.25) is 0 Å². The first-order chi connectivity index (χ1) is 7.72. The van der Waals surface area contributed by atoms with Crippen molar-refractivity contribution in [2.45, 2.75) is 25.7 Å². The number of fused-ring (bicyclic) bond motifs is 1. The second kappa shape index (κ2) is 3.17. The minimum atomic E-state index is 0.698. The summed E-state index contributed by atoms with van der Waals surface area (Å²) in [5.74, 6) is 1.52. The number of benzene rings is 1. The van der Waals surface area contributed by atoms with Crippen LogP contribution in [0.25, 0.3) is 10.9 Å². The molecule has 0 aliphatic heterocycles. The van der Waals surface area contributed by atoms with Gasteiger partial charge in [-0.25, -0.2) is 0 Å². The Balaban J connectivity index is 2.37. The van der Waals surface area contributed by atoms with Crippen LogP contribution in [0.2, 0.25) is 0 Å². The Morgan fingerprint density at radius 3 is 2.81 bits per heavy atom. The number of rotatable bonds is 2. The van der Waals surface area contributed by atoms with Crippen molar-refractivity contribution in [1.82, 2.24) is 4.98 Å². The number of nitrogens with two attached hydrogens (primary N) is 1. The maximum atomic E-state index is 6.01. The maximum Gasteiger partial charge on any atom is 0.151 e. The van der Waals surface area contributed by atoms with Crippen LogP contribution in [-0.2, 0) is 0 Å². The number of H-pyrrole nitrogens is 1. The number of aryl methyl sites for hydroxylation is 1. The molecular weight excluding hydrogens is 200 g/mol. The van der Waals surface area contributed by atoms with Gasteiger partial charge in [-0.15, -0.1) is 0 Å². The molecule has 16 heavy (non-hydrogen) atoms. The lowest BCUT2D eigenvalue weighted by molar-refractivity contribution is 0.421. The zero-order valence-electron chi connectivity index (χ0n) is 9.63. The van der Waals surface area contributed by atoms with Crippen LogP contribution in [0.1, 0.15) is 29.9 Å². The van der Waals surface area contributed by atoms with Crippen LogP contribution in [0.3, 0.4) is 0 Å². The number of nitrogens with one attached hydrogen (secondary N) is 1. The molecule has 1 fully saturated rings. The number of anilines is 1. The molecular formula is C13H16N2O. The number of nitrogen functional groups attached to an aromatic ring is 1. The summed E-state index contributed by atoms with van der Waals surface area (Å²) < 4.78 is 5.45. The van der Waals surface area contributed by atoms with Crippen LogP contribution in [0.5, 0.6) is 5.75 Å². The first-order valence-electron chi connectivity index (χ1n) is 5.66. The molecule has 0 atom stereocenters. The number of aromatic amines is 1. The fourth-order valence-corrected chi connectivity index (χ4v) is 2.45. The van der Waals surface area contributed by atoms with E-state index in [4.69, 9.17) is 10.5 Å². The highest BCUT2D eigenvalue weighted by atomic mass is 16.5. The van der Waals surface area contributed by atoms with Crippen LogP contribution in [-0.4, -0.2) is 12.1 Å².